The van der Waals surface area contributed by atoms with Crippen LogP contribution in [0.2, 0.25) is 5.02 Å². The maximum absolute atomic E-state index is 13.8. The molecule has 3 aromatic carbocycles. The number of carbonyl (C=O) groups is 2. The molecule has 5 heteroatoms. The van der Waals surface area contributed by atoms with Crippen LogP contribution in [-0.4, -0.2) is 16.7 Å². The Morgan fingerprint density at radius 2 is 1.27 bits per heavy atom. The second-order valence-electron chi connectivity index (χ2n) is 8.32. The van der Waals surface area contributed by atoms with E-state index in [0.29, 0.717) is 36.6 Å². The van der Waals surface area contributed by atoms with Gasteiger partial charge in [0.2, 0.25) is 11.8 Å². The first-order chi connectivity index (χ1) is 16.1. The van der Waals surface area contributed by atoms with Crippen LogP contribution in [0.5, 0.6) is 0 Å². The van der Waals surface area contributed by atoms with Gasteiger partial charge in [-0.3, -0.25) is 9.59 Å². The van der Waals surface area contributed by atoms with E-state index >= 15 is 0 Å². The Morgan fingerprint density at radius 1 is 0.758 bits per heavy atom. The van der Waals surface area contributed by atoms with Gasteiger partial charge in [-0.1, -0.05) is 84.4 Å². The van der Waals surface area contributed by atoms with E-state index in [1.807, 2.05) is 77.7 Å². The first kappa shape index (κ1) is 22.8. The Labute approximate surface area is 199 Å². The number of halogens is 1. The summed E-state index contributed by atoms with van der Waals surface area (Å²) in [6.45, 7) is 1.00. The highest BCUT2D eigenvalue weighted by Crippen LogP contribution is 2.30. The molecule has 168 valence electrons. The van der Waals surface area contributed by atoms with Gasteiger partial charge in [0.1, 0.15) is 0 Å². The highest BCUT2D eigenvalue weighted by atomic mass is 35.5. The van der Waals surface area contributed by atoms with Crippen molar-refractivity contribution < 1.29 is 9.59 Å². The van der Waals surface area contributed by atoms with Gasteiger partial charge in [0.25, 0.3) is 0 Å². The lowest BCUT2D eigenvalue weighted by Crippen LogP contribution is -2.42. The fraction of sp³-hybridized carbons (Fsp3) is 0.214. The molecule has 1 aliphatic carbocycles. The summed E-state index contributed by atoms with van der Waals surface area (Å²) in [6.07, 6.45) is 5.10. The van der Waals surface area contributed by atoms with Crippen LogP contribution in [0.15, 0.2) is 97.1 Å². The third-order valence-electron chi connectivity index (χ3n) is 5.94. The summed E-state index contributed by atoms with van der Waals surface area (Å²) in [5.74, 6) is -0.968. The summed E-state index contributed by atoms with van der Waals surface area (Å²) in [5, 5.41) is 3.57. The molecule has 4 nitrogen and oxygen atoms in total. The zero-order valence-corrected chi connectivity index (χ0v) is 19.1. The molecule has 0 bridgehead atoms. The number of amides is 2. The molecule has 2 unspecified atom stereocenters. The second kappa shape index (κ2) is 11.0. The number of rotatable bonds is 7. The molecule has 4 rings (SSSR count). The fourth-order valence-electron chi connectivity index (χ4n) is 4.20. The lowest BCUT2D eigenvalue weighted by Gasteiger charge is -2.32. The number of carbonyl (C=O) groups excluding carboxylic acids is 2. The molecule has 1 aliphatic rings. The van der Waals surface area contributed by atoms with E-state index in [2.05, 4.69) is 5.32 Å². The number of allylic oxidation sites excluding steroid dienone is 2. The fourth-order valence-corrected chi connectivity index (χ4v) is 4.32. The van der Waals surface area contributed by atoms with Crippen LogP contribution in [0.25, 0.3) is 0 Å². The molecule has 0 heterocycles. The average molecular weight is 459 g/mol. The van der Waals surface area contributed by atoms with Gasteiger partial charge in [-0.25, -0.2) is 0 Å². The number of hydrogen-bond acceptors (Lipinski definition) is 2. The summed E-state index contributed by atoms with van der Waals surface area (Å²) >= 11 is 5.96. The van der Waals surface area contributed by atoms with Crippen LogP contribution in [0, 0.1) is 11.8 Å². The Bertz CT molecular complexity index is 1060. The van der Waals surface area contributed by atoms with Crippen molar-refractivity contribution in [3.63, 3.8) is 0 Å². The molecule has 0 saturated carbocycles. The van der Waals surface area contributed by atoms with Gasteiger partial charge in [0, 0.05) is 23.8 Å². The van der Waals surface area contributed by atoms with Crippen LogP contribution in [0.4, 0.5) is 5.69 Å². The first-order valence-corrected chi connectivity index (χ1v) is 11.6. The number of anilines is 1. The smallest absolute Gasteiger partial charge is 0.228 e. The van der Waals surface area contributed by atoms with Crippen LogP contribution in [-0.2, 0) is 22.7 Å². The summed E-state index contributed by atoms with van der Waals surface area (Å²) in [6, 6.07) is 27.0. The Hall–Kier alpha value is -3.37. The SMILES string of the molecule is O=C(Nc1ccc(Cl)cc1)C1CC=CCC1C(=O)N(Cc1ccccc1)Cc1ccccc1. The molecule has 0 saturated heterocycles. The summed E-state index contributed by atoms with van der Waals surface area (Å²) in [7, 11) is 0. The largest absolute Gasteiger partial charge is 0.334 e. The van der Waals surface area contributed by atoms with Gasteiger partial charge in [-0.15, -0.1) is 0 Å². The lowest BCUT2D eigenvalue weighted by atomic mass is 9.81. The second-order valence-corrected chi connectivity index (χ2v) is 8.75. The van der Waals surface area contributed by atoms with E-state index in [1.54, 1.807) is 24.3 Å². The minimum Gasteiger partial charge on any atom is -0.334 e. The van der Waals surface area contributed by atoms with E-state index in [4.69, 9.17) is 11.6 Å². The van der Waals surface area contributed by atoms with E-state index in [9.17, 15) is 9.59 Å². The van der Waals surface area contributed by atoms with Crippen molar-refractivity contribution in [2.24, 2.45) is 11.8 Å². The van der Waals surface area contributed by atoms with E-state index in [-0.39, 0.29) is 11.8 Å². The minimum absolute atomic E-state index is 0.00307. The van der Waals surface area contributed by atoms with Gasteiger partial charge < -0.3 is 10.2 Å². The molecule has 0 aromatic heterocycles. The zero-order valence-electron chi connectivity index (χ0n) is 18.4. The Kier molecular flexibility index (Phi) is 7.59. The number of benzene rings is 3. The van der Waals surface area contributed by atoms with Crippen molar-refractivity contribution in [3.8, 4) is 0 Å². The molecule has 0 fully saturated rings. The van der Waals surface area contributed by atoms with Crippen LogP contribution in [0.3, 0.4) is 0 Å². The zero-order chi connectivity index (χ0) is 23.0. The molecule has 2 amide bonds. The van der Waals surface area contributed by atoms with Crippen molar-refractivity contribution in [3.05, 3.63) is 113 Å². The summed E-state index contributed by atoms with van der Waals surface area (Å²) in [4.78, 5) is 28.8. The summed E-state index contributed by atoms with van der Waals surface area (Å²) < 4.78 is 0. The molecular formula is C28H27ClN2O2. The van der Waals surface area contributed by atoms with Crippen molar-refractivity contribution in [2.45, 2.75) is 25.9 Å². The van der Waals surface area contributed by atoms with Gasteiger partial charge in [0.15, 0.2) is 0 Å². The number of nitrogens with zero attached hydrogens (tertiary/aromatic N) is 1. The molecule has 33 heavy (non-hydrogen) atoms. The monoisotopic (exact) mass is 458 g/mol. The van der Waals surface area contributed by atoms with Gasteiger partial charge >= 0.3 is 0 Å². The Balaban J connectivity index is 1.55. The quantitative estimate of drug-likeness (QED) is 0.435. The number of nitrogens with one attached hydrogen (secondary N) is 1. The summed E-state index contributed by atoms with van der Waals surface area (Å²) in [5.41, 5.74) is 2.81. The van der Waals surface area contributed by atoms with E-state index in [0.717, 1.165) is 11.1 Å². The standard InChI is InChI=1S/C28H27ClN2O2/c29-23-15-17-24(18-16-23)30-27(32)25-13-7-8-14-26(25)28(33)31(19-21-9-3-1-4-10-21)20-22-11-5-2-6-12-22/h1-12,15-18,25-26H,13-14,19-20H2,(H,30,32). The van der Waals surface area contributed by atoms with Crippen molar-refractivity contribution in [2.75, 3.05) is 5.32 Å². The Morgan fingerprint density at radius 3 is 1.82 bits per heavy atom. The maximum Gasteiger partial charge on any atom is 0.228 e. The molecule has 0 radical (unpaired) electrons. The predicted octanol–water partition coefficient (Wildman–Crippen LogP) is 6.09. The van der Waals surface area contributed by atoms with E-state index < -0.39 is 11.8 Å². The minimum atomic E-state index is -0.424. The normalized spacial score (nSPS) is 17.4. The topological polar surface area (TPSA) is 49.4 Å². The van der Waals surface area contributed by atoms with Crippen molar-refractivity contribution in [1.82, 2.24) is 4.90 Å². The molecular weight excluding hydrogens is 432 g/mol. The highest BCUT2D eigenvalue weighted by Gasteiger charge is 2.36. The van der Waals surface area contributed by atoms with Crippen LogP contribution >= 0.6 is 11.6 Å². The van der Waals surface area contributed by atoms with Gasteiger partial charge in [-0.05, 0) is 48.2 Å². The first-order valence-electron chi connectivity index (χ1n) is 11.2. The molecule has 3 aromatic rings. The van der Waals surface area contributed by atoms with Gasteiger partial charge in [-0.2, -0.15) is 0 Å². The third-order valence-corrected chi connectivity index (χ3v) is 6.19. The third kappa shape index (κ3) is 6.11. The van der Waals surface area contributed by atoms with E-state index in [1.165, 1.54) is 0 Å². The molecule has 2 atom stereocenters. The lowest BCUT2D eigenvalue weighted by molar-refractivity contribution is -0.142. The molecule has 0 aliphatic heterocycles. The number of hydrogen-bond donors (Lipinski definition) is 1. The van der Waals surface area contributed by atoms with Crippen LogP contribution in [0.1, 0.15) is 24.0 Å². The molecule has 1 N–H and O–H groups in total. The van der Waals surface area contributed by atoms with Crippen molar-refractivity contribution >= 4 is 29.1 Å². The average Bonchev–Trinajstić information content (AvgIpc) is 2.86. The van der Waals surface area contributed by atoms with Crippen LogP contribution < -0.4 is 5.32 Å². The maximum atomic E-state index is 13.8. The van der Waals surface area contributed by atoms with Gasteiger partial charge in [0.05, 0.1) is 11.8 Å². The van der Waals surface area contributed by atoms with Crippen molar-refractivity contribution in [1.29, 1.82) is 0 Å². The predicted molar refractivity (Wildman–Crippen MR) is 133 cm³/mol. The molecule has 0 spiro atoms. The highest BCUT2D eigenvalue weighted by molar-refractivity contribution is 6.30.